The van der Waals surface area contributed by atoms with Gasteiger partial charge in [0.15, 0.2) is 0 Å². The molecule has 0 aliphatic rings. The highest BCUT2D eigenvalue weighted by atomic mass is 32.1. The van der Waals surface area contributed by atoms with Gasteiger partial charge in [-0.2, -0.15) is 0 Å². The van der Waals surface area contributed by atoms with Crippen LogP contribution in [0.3, 0.4) is 0 Å². The fourth-order valence-electron chi connectivity index (χ4n) is 1.34. The molecule has 1 N–H and O–H groups in total. The van der Waals surface area contributed by atoms with Crippen molar-refractivity contribution in [2.24, 2.45) is 0 Å². The summed E-state index contributed by atoms with van der Waals surface area (Å²) in [5.41, 5.74) is 0.650. The summed E-state index contributed by atoms with van der Waals surface area (Å²) in [7, 11) is 0. The highest BCUT2D eigenvalue weighted by molar-refractivity contribution is 7.80. The van der Waals surface area contributed by atoms with E-state index in [0.717, 1.165) is 24.3 Å². The van der Waals surface area contributed by atoms with Gasteiger partial charge in [0.05, 0.1) is 5.56 Å². The summed E-state index contributed by atoms with van der Waals surface area (Å²) in [5, 5.41) is 2.89. The van der Waals surface area contributed by atoms with Gasteiger partial charge in [0.2, 0.25) is 0 Å². The van der Waals surface area contributed by atoms with Gasteiger partial charge in [-0.25, -0.2) is 0 Å². The van der Waals surface area contributed by atoms with Crippen molar-refractivity contribution in [2.45, 2.75) is 31.1 Å². The number of thiol groups is 1. The first-order valence-electron chi connectivity index (χ1n) is 5.32. The Kier molecular flexibility index (Phi) is 5.26. The number of rotatable bonds is 5. The summed E-state index contributed by atoms with van der Waals surface area (Å²) in [6.45, 7) is 2.89. The molecule has 0 unspecified atom stereocenters. The quantitative estimate of drug-likeness (QED) is 0.583. The molecule has 0 radical (unpaired) electrons. The second kappa shape index (κ2) is 6.51. The van der Waals surface area contributed by atoms with Gasteiger partial charge in [0, 0.05) is 11.4 Å². The Bertz CT molecular complexity index is 325. The average molecular weight is 223 g/mol. The molecule has 1 aromatic rings. The number of hydrogen-bond acceptors (Lipinski definition) is 2. The molecule has 3 heteroatoms. The molecule has 1 rings (SSSR count). The molecule has 15 heavy (non-hydrogen) atoms. The molecular weight excluding hydrogens is 206 g/mol. The fourth-order valence-corrected chi connectivity index (χ4v) is 1.60. The number of nitrogens with one attached hydrogen (secondary N) is 1. The zero-order valence-corrected chi connectivity index (χ0v) is 9.89. The van der Waals surface area contributed by atoms with E-state index in [-0.39, 0.29) is 5.91 Å². The molecule has 0 spiro atoms. The van der Waals surface area contributed by atoms with Gasteiger partial charge in [-0.1, -0.05) is 31.9 Å². The molecule has 0 saturated carbocycles. The SMILES string of the molecule is CCCCCNC(=O)c1ccccc1S. The third-order valence-corrected chi connectivity index (χ3v) is 2.60. The van der Waals surface area contributed by atoms with E-state index in [4.69, 9.17) is 0 Å². The molecule has 1 amide bonds. The van der Waals surface area contributed by atoms with Crippen molar-refractivity contribution in [2.75, 3.05) is 6.54 Å². The predicted molar refractivity (Wildman–Crippen MR) is 65.6 cm³/mol. The zero-order chi connectivity index (χ0) is 11.1. The highest BCUT2D eigenvalue weighted by Crippen LogP contribution is 2.12. The van der Waals surface area contributed by atoms with Crippen LogP contribution in [0.25, 0.3) is 0 Å². The van der Waals surface area contributed by atoms with E-state index in [1.54, 1.807) is 6.07 Å². The molecule has 0 aliphatic heterocycles. The Labute approximate surface area is 96.5 Å². The number of unbranched alkanes of at least 4 members (excludes halogenated alkanes) is 2. The molecule has 0 fully saturated rings. The zero-order valence-electron chi connectivity index (χ0n) is 8.99. The summed E-state index contributed by atoms with van der Waals surface area (Å²) in [4.78, 5) is 12.4. The number of carbonyl (C=O) groups excluding carboxylic acids is 1. The van der Waals surface area contributed by atoms with Gasteiger partial charge < -0.3 is 5.32 Å². The van der Waals surface area contributed by atoms with Crippen molar-refractivity contribution >= 4 is 18.5 Å². The van der Waals surface area contributed by atoms with Gasteiger partial charge in [-0.15, -0.1) is 12.6 Å². The van der Waals surface area contributed by atoms with Crippen LogP contribution in [0.2, 0.25) is 0 Å². The first kappa shape index (κ1) is 12.1. The minimum Gasteiger partial charge on any atom is -0.352 e. The number of carbonyl (C=O) groups is 1. The fraction of sp³-hybridized carbons (Fsp3) is 0.417. The Morgan fingerprint density at radius 2 is 2.07 bits per heavy atom. The summed E-state index contributed by atoms with van der Waals surface area (Å²) >= 11 is 4.24. The average Bonchev–Trinajstić information content (AvgIpc) is 2.25. The smallest absolute Gasteiger partial charge is 0.252 e. The van der Waals surface area contributed by atoms with Crippen LogP contribution in [0.15, 0.2) is 29.2 Å². The van der Waals surface area contributed by atoms with Gasteiger partial charge >= 0.3 is 0 Å². The lowest BCUT2D eigenvalue weighted by molar-refractivity contribution is 0.0950. The van der Waals surface area contributed by atoms with E-state index < -0.39 is 0 Å². The summed E-state index contributed by atoms with van der Waals surface area (Å²) < 4.78 is 0. The van der Waals surface area contributed by atoms with Gasteiger partial charge in [-0.3, -0.25) is 4.79 Å². The Morgan fingerprint density at radius 1 is 1.33 bits per heavy atom. The largest absolute Gasteiger partial charge is 0.352 e. The summed E-state index contributed by atoms with van der Waals surface area (Å²) in [6, 6.07) is 7.33. The van der Waals surface area contributed by atoms with E-state index in [1.165, 1.54) is 6.42 Å². The standard InChI is InChI=1S/C12H17NOS/c1-2-3-6-9-13-12(14)10-7-4-5-8-11(10)15/h4-5,7-8,15H,2-3,6,9H2,1H3,(H,13,14). The number of hydrogen-bond donors (Lipinski definition) is 2. The minimum atomic E-state index is -0.0308. The van der Waals surface area contributed by atoms with Crippen molar-refractivity contribution < 1.29 is 4.79 Å². The Morgan fingerprint density at radius 3 is 2.73 bits per heavy atom. The predicted octanol–water partition coefficient (Wildman–Crippen LogP) is 2.90. The van der Waals surface area contributed by atoms with E-state index in [9.17, 15) is 4.79 Å². The Balaban J connectivity index is 2.44. The van der Waals surface area contributed by atoms with Crippen LogP contribution in [-0.2, 0) is 0 Å². The highest BCUT2D eigenvalue weighted by Gasteiger charge is 2.06. The molecule has 2 nitrogen and oxygen atoms in total. The third kappa shape index (κ3) is 3.96. The van der Waals surface area contributed by atoms with Crippen LogP contribution in [0.4, 0.5) is 0 Å². The normalized spacial score (nSPS) is 10.0. The molecule has 0 heterocycles. The second-order valence-electron chi connectivity index (χ2n) is 3.48. The van der Waals surface area contributed by atoms with E-state index >= 15 is 0 Å². The van der Waals surface area contributed by atoms with E-state index in [1.807, 2.05) is 18.2 Å². The maximum Gasteiger partial charge on any atom is 0.252 e. The van der Waals surface area contributed by atoms with Crippen molar-refractivity contribution in [1.82, 2.24) is 5.32 Å². The molecule has 0 bridgehead atoms. The maximum atomic E-state index is 11.7. The monoisotopic (exact) mass is 223 g/mol. The lowest BCUT2D eigenvalue weighted by Crippen LogP contribution is -2.24. The summed E-state index contributed by atoms with van der Waals surface area (Å²) in [6.07, 6.45) is 3.36. The summed E-state index contributed by atoms with van der Waals surface area (Å²) in [5.74, 6) is -0.0308. The Hall–Kier alpha value is -0.960. The molecule has 0 saturated heterocycles. The molecule has 0 aromatic heterocycles. The topological polar surface area (TPSA) is 29.1 Å². The molecule has 0 aliphatic carbocycles. The van der Waals surface area contributed by atoms with Gasteiger partial charge in [0.25, 0.3) is 5.91 Å². The van der Waals surface area contributed by atoms with Crippen LogP contribution < -0.4 is 5.32 Å². The van der Waals surface area contributed by atoms with Crippen LogP contribution >= 0.6 is 12.6 Å². The number of amides is 1. The molecule has 1 aromatic carbocycles. The lowest BCUT2D eigenvalue weighted by atomic mass is 10.2. The minimum absolute atomic E-state index is 0.0308. The lowest BCUT2D eigenvalue weighted by Gasteiger charge is -2.06. The number of benzene rings is 1. The van der Waals surface area contributed by atoms with Crippen molar-refractivity contribution in [3.63, 3.8) is 0 Å². The molecule has 82 valence electrons. The van der Waals surface area contributed by atoms with Crippen molar-refractivity contribution in [3.8, 4) is 0 Å². The maximum absolute atomic E-state index is 11.7. The van der Waals surface area contributed by atoms with E-state index in [0.29, 0.717) is 5.56 Å². The molecular formula is C12H17NOS. The van der Waals surface area contributed by atoms with Crippen LogP contribution in [0, 0.1) is 0 Å². The first-order valence-corrected chi connectivity index (χ1v) is 5.76. The second-order valence-corrected chi connectivity index (χ2v) is 3.96. The third-order valence-electron chi connectivity index (χ3n) is 2.21. The van der Waals surface area contributed by atoms with Gasteiger partial charge in [-0.05, 0) is 18.6 Å². The van der Waals surface area contributed by atoms with E-state index in [2.05, 4.69) is 24.9 Å². The van der Waals surface area contributed by atoms with Crippen molar-refractivity contribution in [3.05, 3.63) is 29.8 Å². The van der Waals surface area contributed by atoms with Crippen molar-refractivity contribution in [1.29, 1.82) is 0 Å². The van der Waals surface area contributed by atoms with Crippen LogP contribution in [0.5, 0.6) is 0 Å². The molecule has 0 atom stereocenters. The van der Waals surface area contributed by atoms with Crippen LogP contribution in [-0.4, -0.2) is 12.5 Å². The first-order chi connectivity index (χ1) is 7.25. The van der Waals surface area contributed by atoms with Gasteiger partial charge in [0.1, 0.15) is 0 Å². The van der Waals surface area contributed by atoms with Crippen LogP contribution in [0.1, 0.15) is 36.5 Å².